The van der Waals surface area contributed by atoms with Gasteiger partial charge in [0.25, 0.3) is 0 Å². The van der Waals surface area contributed by atoms with Crippen LogP contribution in [0.3, 0.4) is 0 Å². The molecule has 2 aliphatic rings. The van der Waals surface area contributed by atoms with E-state index >= 15 is 0 Å². The summed E-state index contributed by atoms with van der Waals surface area (Å²) in [5.74, 6) is 6.75. The Morgan fingerprint density at radius 2 is 1.82 bits per heavy atom. The minimum absolute atomic E-state index is 0.0169. The summed E-state index contributed by atoms with van der Waals surface area (Å²) in [4.78, 5) is 9.11. The maximum absolute atomic E-state index is 11.3. The molecule has 9 heteroatoms. The second kappa shape index (κ2) is 10.8. The van der Waals surface area contributed by atoms with Gasteiger partial charge in [0.05, 0.1) is 29.1 Å². The van der Waals surface area contributed by atoms with Crippen LogP contribution < -0.4 is 15.6 Å². The van der Waals surface area contributed by atoms with E-state index in [2.05, 4.69) is 46.1 Å². The van der Waals surface area contributed by atoms with E-state index in [4.69, 9.17) is 15.6 Å². The third kappa shape index (κ3) is 5.59. The van der Waals surface area contributed by atoms with Crippen LogP contribution in [0.15, 0.2) is 59.6 Å². The first-order valence-corrected chi connectivity index (χ1v) is 14.4. The number of aliphatic hydroxyl groups excluding tert-OH is 1. The summed E-state index contributed by atoms with van der Waals surface area (Å²) in [7, 11) is -3.74. The van der Waals surface area contributed by atoms with E-state index in [-0.39, 0.29) is 29.6 Å². The molecule has 3 aromatic rings. The van der Waals surface area contributed by atoms with Crippen LogP contribution in [0.4, 0.5) is 0 Å². The number of hydrogen-bond acceptors (Lipinski definition) is 7. The molecule has 1 heterocycles. The van der Waals surface area contributed by atoms with Crippen molar-refractivity contribution in [3.05, 3.63) is 82.9 Å². The second-order valence-corrected chi connectivity index (χ2v) is 11.8. The molecule has 1 saturated carbocycles. The fourth-order valence-electron chi connectivity index (χ4n) is 5.82. The first-order chi connectivity index (χ1) is 18.3. The summed E-state index contributed by atoms with van der Waals surface area (Å²) in [6, 6.07) is 14.5. The van der Waals surface area contributed by atoms with Crippen molar-refractivity contribution in [2.45, 2.75) is 56.1 Å². The lowest BCUT2D eigenvalue weighted by atomic mass is 9.66. The first kappa shape index (κ1) is 26.3. The zero-order valence-electron chi connectivity index (χ0n) is 21.1. The van der Waals surface area contributed by atoms with E-state index in [1.54, 1.807) is 6.20 Å². The minimum atomic E-state index is -3.74. The molecular weight excluding hydrogens is 500 g/mol. The normalized spacial score (nSPS) is 22.5. The number of aliphatic hydroxyl groups is 1. The molecule has 1 spiro atoms. The van der Waals surface area contributed by atoms with E-state index in [0.717, 1.165) is 44.2 Å². The number of aromatic nitrogens is 2. The van der Waals surface area contributed by atoms with Crippen LogP contribution in [0.2, 0.25) is 0 Å². The third-order valence-electron chi connectivity index (χ3n) is 7.94. The number of rotatable bonds is 6. The number of ether oxygens (including phenoxy) is 1. The predicted octanol–water partition coefficient (Wildman–Crippen LogP) is 3.02. The quantitative estimate of drug-likeness (QED) is 0.414. The van der Waals surface area contributed by atoms with Gasteiger partial charge in [-0.1, -0.05) is 30.2 Å². The molecule has 2 aromatic carbocycles. The first-order valence-electron chi connectivity index (χ1n) is 12.8. The van der Waals surface area contributed by atoms with Crippen molar-refractivity contribution in [1.29, 1.82) is 0 Å². The summed E-state index contributed by atoms with van der Waals surface area (Å²) >= 11 is 0. The molecule has 198 valence electrons. The van der Waals surface area contributed by atoms with Gasteiger partial charge in [-0.2, -0.15) is 0 Å². The van der Waals surface area contributed by atoms with E-state index in [9.17, 15) is 13.5 Å². The van der Waals surface area contributed by atoms with Crippen LogP contribution in [-0.2, 0) is 29.5 Å². The Morgan fingerprint density at radius 3 is 2.50 bits per heavy atom. The fraction of sp³-hybridized carbons (Fsp3) is 0.379. The van der Waals surface area contributed by atoms with Crippen LogP contribution >= 0.6 is 0 Å². The third-order valence-corrected chi connectivity index (χ3v) is 8.87. The fourth-order valence-corrected chi connectivity index (χ4v) is 6.33. The topological polar surface area (TPSA) is 141 Å². The average molecular weight is 533 g/mol. The SMILES string of the molecule is N[C@@H]1c2ccccc2CC12CCC(Cc1ncc(C#CCOc3ccc(S(N)(=O)=O)cc3)nc1CO)CC2. The Morgan fingerprint density at radius 1 is 1.08 bits per heavy atom. The molecule has 1 aromatic heterocycles. The van der Waals surface area contributed by atoms with Gasteiger partial charge in [0.15, 0.2) is 0 Å². The number of fused-ring (bicyclic) bond motifs is 1. The maximum atomic E-state index is 11.3. The molecular formula is C29H32N4O4S. The van der Waals surface area contributed by atoms with Crippen LogP contribution in [-0.4, -0.2) is 30.1 Å². The van der Waals surface area contributed by atoms with E-state index in [0.29, 0.717) is 23.1 Å². The molecule has 38 heavy (non-hydrogen) atoms. The van der Waals surface area contributed by atoms with Gasteiger partial charge in [-0.25, -0.2) is 18.5 Å². The summed E-state index contributed by atoms with van der Waals surface area (Å²) in [6.45, 7) is -0.107. The predicted molar refractivity (Wildman–Crippen MR) is 143 cm³/mol. The molecule has 0 aliphatic heterocycles. The monoisotopic (exact) mass is 532 g/mol. The lowest BCUT2D eigenvalue weighted by molar-refractivity contribution is 0.127. The van der Waals surface area contributed by atoms with E-state index in [1.807, 2.05) is 0 Å². The average Bonchev–Trinajstić information content (AvgIpc) is 3.19. The summed E-state index contributed by atoms with van der Waals surface area (Å²) < 4.78 is 28.2. The van der Waals surface area contributed by atoms with Gasteiger partial charge in [-0.3, -0.25) is 4.98 Å². The molecule has 5 N–H and O–H groups in total. The van der Waals surface area contributed by atoms with E-state index in [1.165, 1.54) is 35.4 Å². The minimum Gasteiger partial charge on any atom is -0.481 e. The van der Waals surface area contributed by atoms with Gasteiger partial charge in [0, 0.05) is 6.04 Å². The number of sulfonamides is 1. The smallest absolute Gasteiger partial charge is 0.238 e. The van der Waals surface area contributed by atoms with Crippen molar-refractivity contribution in [3.63, 3.8) is 0 Å². The Labute approximate surface area is 223 Å². The molecule has 0 radical (unpaired) electrons. The van der Waals surface area contributed by atoms with Gasteiger partial charge in [0.2, 0.25) is 10.0 Å². The number of nitrogens with two attached hydrogens (primary N) is 2. The maximum Gasteiger partial charge on any atom is 0.238 e. The molecule has 0 amide bonds. The lowest BCUT2D eigenvalue weighted by Crippen LogP contribution is -2.36. The zero-order chi connectivity index (χ0) is 26.8. The number of nitrogens with zero attached hydrogens (tertiary/aromatic N) is 2. The highest BCUT2D eigenvalue weighted by molar-refractivity contribution is 7.89. The van der Waals surface area contributed by atoms with Crippen LogP contribution in [0.1, 0.15) is 59.9 Å². The van der Waals surface area contributed by atoms with Crippen LogP contribution in [0.25, 0.3) is 0 Å². The summed E-state index contributed by atoms with van der Waals surface area (Å²) in [6.07, 6.45) is 7.86. The highest BCUT2D eigenvalue weighted by atomic mass is 32.2. The summed E-state index contributed by atoms with van der Waals surface area (Å²) in [5, 5.41) is 15.0. The zero-order valence-corrected chi connectivity index (χ0v) is 22.0. The van der Waals surface area contributed by atoms with Crippen molar-refractivity contribution in [1.82, 2.24) is 9.97 Å². The van der Waals surface area contributed by atoms with Gasteiger partial charge in [0.1, 0.15) is 18.1 Å². The van der Waals surface area contributed by atoms with Gasteiger partial charge < -0.3 is 15.6 Å². The van der Waals surface area contributed by atoms with Gasteiger partial charge in [-0.05, 0) is 91.2 Å². The molecule has 0 saturated heterocycles. The Balaban J connectivity index is 1.16. The Bertz CT molecular complexity index is 1470. The highest BCUT2D eigenvalue weighted by Gasteiger charge is 2.45. The number of benzene rings is 2. The standard InChI is InChI=1S/C29H32N4O4S/c30-28-25-6-2-1-4-21(25)17-29(28)13-11-20(12-14-29)16-26-27(19-34)33-22(18-32-26)5-3-15-37-23-7-9-24(10-8-23)38(31,35)36/h1-2,4,6-10,18,20,28,34H,11-17,19,30H2,(H2,31,35,36)/t20?,28-,29?/m1/s1. The molecule has 5 rings (SSSR count). The molecule has 0 unspecified atom stereocenters. The summed E-state index contributed by atoms with van der Waals surface area (Å²) in [5.41, 5.74) is 11.4. The van der Waals surface area contributed by atoms with Gasteiger partial charge in [-0.15, -0.1) is 0 Å². The van der Waals surface area contributed by atoms with Crippen molar-refractivity contribution < 1.29 is 18.3 Å². The molecule has 0 bridgehead atoms. The number of hydrogen-bond donors (Lipinski definition) is 3. The van der Waals surface area contributed by atoms with Crippen molar-refractivity contribution in [2.75, 3.05) is 6.61 Å². The van der Waals surface area contributed by atoms with Crippen LogP contribution in [0.5, 0.6) is 5.75 Å². The molecule has 8 nitrogen and oxygen atoms in total. The molecule has 1 atom stereocenters. The highest BCUT2D eigenvalue weighted by Crippen LogP contribution is 2.54. The second-order valence-electron chi connectivity index (χ2n) is 10.3. The van der Waals surface area contributed by atoms with Crippen LogP contribution in [0, 0.1) is 23.2 Å². The largest absolute Gasteiger partial charge is 0.481 e. The van der Waals surface area contributed by atoms with Crippen molar-refractivity contribution in [3.8, 4) is 17.6 Å². The van der Waals surface area contributed by atoms with Crippen molar-refractivity contribution in [2.24, 2.45) is 22.2 Å². The van der Waals surface area contributed by atoms with E-state index < -0.39 is 10.0 Å². The molecule has 2 aliphatic carbocycles. The lowest BCUT2D eigenvalue weighted by Gasteiger charge is -2.40. The van der Waals surface area contributed by atoms with Crippen molar-refractivity contribution >= 4 is 10.0 Å². The Hall–Kier alpha value is -3.29. The van der Waals surface area contributed by atoms with Gasteiger partial charge >= 0.3 is 0 Å². The molecule has 1 fully saturated rings. The Kier molecular flexibility index (Phi) is 7.50. The number of primary sulfonamides is 1.